The van der Waals surface area contributed by atoms with Gasteiger partial charge in [0.05, 0.1) is 11.8 Å². The Hall–Kier alpha value is -4.60. The lowest BCUT2D eigenvalue weighted by molar-refractivity contribution is -0.137. The zero-order valence-corrected chi connectivity index (χ0v) is 27.8. The molecule has 6 bridgehead atoms. The first-order valence-electron chi connectivity index (χ1n) is 16.5. The highest BCUT2D eigenvalue weighted by Gasteiger charge is 2.31. The Morgan fingerprint density at radius 2 is 1.86 bits per heavy atom. The fourth-order valence-electron chi connectivity index (χ4n) is 6.25. The SMILES string of the molecule is Cc1c2cc(cc1C(=O)Nc1cc(Cl)cc(C(F)(F)F)c1)NC(=O)CCCCCCCN[C@H]1CCCN(C1)c1ccc3ncc(n3n1)C#C2. The number of piperidine rings is 1. The number of fused-ring (bicyclic) bond motifs is 6. The lowest BCUT2D eigenvalue weighted by atomic mass is 10.00. The van der Waals surface area contributed by atoms with Crippen LogP contribution in [0.25, 0.3) is 5.65 Å². The summed E-state index contributed by atoms with van der Waals surface area (Å²) in [4.78, 5) is 33.3. The number of nitrogens with zero attached hydrogens (tertiary/aromatic N) is 4. The second-order valence-corrected chi connectivity index (χ2v) is 13.0. The summed E-state index contributed by atoms with van der Waals surface area (Å²) in [7, 11) is 0. The number of hydrogen-bond donors (Lipinski definition) is 3. The second-order valence-electron chi connectivity index (χ2n) is 12.5. The molecule has 49 heavy (non-hydrogen) atoms. The molecule has 0 aliphatic carbocycles. The Kier molecular flexibility index (Phi) is 10.4. The van der Waals surface area contributed by atoms with Crippen LogP contribution in [0.4, 0.5) is 30.4 Å². The number of hydrogen-bond acceptors (Lipinski definition) is 6. The molecule has 4 heterocycles. The third-order valence-electron chi connectivity index (χ3n) is 8.85. The smallest absolute Gasteiger partial charge is 0.354 e. The number of alkyl halides is 3. The van der Waals surface area contributed by atoms with Crippen LogP contribution >= 0.6 is 11.6 Å². The van der Waals surface area contributed by atoms with Gasteiger partial charge in [-0.3, -0.25) is 9.59 Å². The van der Waals surface area contributed by atoms with E-state index in [9.17, 15) is 22.8 Å². The maximum absolute atomic E-state index is 13.6. The van der Waals surface area contributed by atoms with Crippen LogP contribution in [0.3, 0.4) is 0 Å². The summed E-state index contributed by atoms with van der Waals surface area (Å²) in [5, 5.41) is 13.8. The summed E-state index contributed by atoms with van der Waals surface area (Å²) in [5.41, 5.74) is 1.46. The Morgan fingerprint density at radius 1 is 1.04 bits per heavy atom. The number of nitrogens with one attached hydrogen (secondary N) is 3. The molecule has 2 aliphatic rings. The molecule has 1 fully saturated rings. The van der Waals surface area contributed by atoms with E-state index in [1.807, 2.05) is 12.1 Å². The summed E-state index contributed by atoms with van der Waals surface area (Å²) in [6.45, 7) is 4.40. The standard InChI is InChI=1S/C36H37ClF3N7O2/c1-23-24-10-11-30-21-42-32-12-13-33(45-47(30)32)46-15-7-8-27(22-46)41-14-6-4-2-3-5-9-34(48)43-28(16-24)20-31(23)35(49)44-29-18-25(36(38,39)40)17-26(37)19-29/h12-13,16-21,27,41H,2-9,14-15,22H2,1H3,(H,43,48)(H,44,49)/t27-/m0/s1. The Morgan fingerprint density at radius 3 is 2.69 bits per heavy atom. The van der Waals surface area contributed by atoms with Crippen molar-refractivity contribution in [3.05, 3.63) is 81.6 Å². The molecular formula is C36H37ClF3N7O2. The average molecular weight is 692 g/mol. The number of rotatable bonds is 2. The molecule has 1 saturated heterocycles. The van der Waals surface area contributed by atoms with E-state index in [4.69, 9.17) is 16.7 Å². The van der Waals surface area contributed by atoms with Crippen molar-refractivity contribution in [2.24, 2.45) is 0 Å². The third kappa shape index (κ3) is 8.53. The van der Waals surface area contributed by atoms with E-state index in [-0.39, 0.29) is 22.2 Å². The topological polar surface area (TPSA) is 104 Å². The zero-order valence-electron chi connectivity index (χ0n) is 27.1. The zero-order chi connectivity index (χ0) is 34.5. The minimum Gasteiger partial charge on any atom is -0.354 e. The number of amides is 2. The highest BCUT2D eigenvalue weighted by Crippen LogP contribution is 2.34. The van der Waals surface area contributed by atoms with E-state index in [2.05, 4.69) is 37.7 Å². The maximum atomic E-state index is 13.6. The maximum Gasteiger partial charge on any atom is 0.416 e. The van der Waals surface area contributed by atoms with E-state index in [1.54, 1.807) is 23.7 Å². The lowest BCUT2D eigenvalue weighted by Gasteiger charge is -2.34. The van der Waals surface area contributed by atoms with Crippen molar-refractivity contribution in [3.8, 4) is 11.8 Å². The number of halogens is 4. The molecule has 13 heteroatoms. The number of aromatic nitrogens is 3. The van der Waals surface area contributed by atoms with Gasteiger partial charge >= 0.3 is 6.18 Å². The van der Waals surface area contributed by atoms with Crippen LogP contribution in [0.1, 0.15) is 84.1 Å². The number of imidazole rings is 1. The number of carbonyl (C=O) groups excluding carboxylic acids is 2. The van der Waals surface area contributed by atoms with Gasteiger partial charge in [-0.2, -0.15) is 13.2 Å². The van der Waals surface area contributed by atoms with Gasteiger partial charge in [-0.15, -0.1) is 5.10 Å². The van der Waals surface area contributed by atoms with E-state index in [0.29, 0.717) is 40.6 Å². The van der Waals surface area contributed by atoms with Crippen molar-refractivity contribution < 1.29 is 22.8 Å². The molecule has 2 aromatic carbocycles. The molecule has 2 aliphatic heterocycles. The van der Waals surface area contributed by atoms with Gasteiger partial charge in [0.15, 0.2) is 5.65 Å². The Bertz CT molecular complexity index is 1930. The number of carbonyl (C=O) groups is 2. The van der Waals surface area contributed by atoms with Crippen molar-refractivity contribution in [2.75, 3.05) is 35.2 Å². The van der Waals surface area contributed by atoms with Gasteiger partial charge in [0, 0.05) is 53.1 Å². The van der Waals surface area contributed by atoms with Gasteiger partial charge in [0.25, 0.3) is 5.91 Å². The van der Waals surface area contributed by atoms with Crippen LogP contribution in [0.15, 0.2) is 48.7 Å². The van der Waals surface area contributed by atoms with Gasteiger partial charge in [-0.25, -0.2) is 9.50 Å². The van der Waals surface area contributed by atoms with Crippen LogP contribution < -0.4 is 20.9 Å². The van der Waals surface area contributed by atoms with E-state index in [0.717, 1.165) is 82.5 Å². The fraction of sp³-hybridized carbons (Fsp3) is 0.389. The largest absolute Gasteiger partial charge is 0.416 e. The molecule has 0 saturated carbocycles. The van der Waals surface area contributed by atoms with Crippen LogP contribution in [-0.4, -0.2) is 52.1 Å². The van der Waals surface area contributed by atoms with Gasteiger partial charge < -0.3 is 20.9 Å². The first-order chi connectivity index (χ1) is 23.5. The van der Waals surface area contributed by atoms with Crippen molar-refractivity contribution in [2.45, 2.75) is 70.5 Å². The van der Waals surface area contributed by atoms with Crippen molar-refractivity contribution in [1.29, 1.82) is 0 Å². The summed E-state index contributed by atoms with van der Waals surface area (Å²) >= 11 is 5.95. The summed E-state index contributed by atoms with van der Waals surface area (Å²) in [5.74, 6) is 6.20. The normalized spacial score (nSPS) is 17.8. The predicted molar refractivity (Wildman–Crippen MR) is 184 cm³/mol. The molecule has 2 aromatic heterocycles. The van der Waals surface area contributed by atoms with Gasteiger partial charge in [-0.1, -0.05) is 36.8 Å². The molecular weight excluding hydrogens is 655 g/mol. The summed E-state index contributed by atoms with van der Waals surface area (Å²) < 4.78 is 42.0. The van der Waals surface area contributed by atoms with E-state index in [1.165, 1.54) is 12.1 Å². The molecule has 0 unspecified atom stereocenters. The molecule has 2 amide bonds. The minimum absolute atomic E-state index is 0.116. The van der Waals surface area contributed by atoms with Crippen LogP contribution in [0, 0.1) is 18.8 Å². The van der Waals surface area contributed by atoms with Gasteiger partial charge in [-0.05, 0) is 93.1 Å². The van der Waals surface area contributed by atoms with Crippen LogP contribution in [-0.2, 0) is 11.0 Å². The van der Waals surface area contributed by atoms with Gasteiger partial charge in [0.1, 0.15) is 11.5 Å². The van der Waals surface area contributed by atoms with Crippen molar-refractivity contribution >= 4 is 46.3 Å². The van der Waals surface area contributed by atoms with E-state index >= 15 is 0 Å². The first kappa shape index (κ1) is 34.3. The van der Waals surface area contributed by atoms with Crippen molar-refractivity contribution in [1.82, 2.24) is 19.9 Å². The summed E-state index contributed by atoms with van der Waals surface area (Å²) in [6.07, 6.45) is 4.27. The van der Waals surface area contributed by atoms with E-state index < -0.39 is 17.6 Å². The molecule has 0 radical (unpaired) electrons. The average Bonchev–Trinajstić information content (AvgIpc) is 3.47. The molecule has 3 N–H and O–H groups in total. The molecule has 256 valence electrons. The van der Waals surface area contributed by atoms with Crippen LogP contribution in [0.2, 0.25) is 5.02 Å². The predicted octanol–water partition coefficient (Wildman–Crippen LogP) is 7.21. The van der Waals surface area contributed by atoms with Gasteiger partial charge in [0.2, 0.25) is 5.91 Å². The lowest BCUT2D eigenvalue weighted by Crippen LogP contribution is -2.46. The van der Waals surface area contributed by atoms with Crippen molar-refractivity contribution in [3.63, 3.8) is 0 Å². The Labute approximate surface area is 287 Å². The highest BCUT2D eigenvalue weighted by molar-refractivity contribution is 6.31. The molecule has 1 atom stereocenters. The highest BCUT2D eigenvalue weighted by atomic mass is 35.5. The monoisotopic (exact) mass is 691 g/mol. The third-order valence-corrected chi connectivity index (χ3v) is 9.07. The number of benzene rings is 2. The minimum atomic E-state index is -4.65. The number of anilines is 3. The molecule has 0 spiro atoms. The second kappa shape index (κ2) is 14.9. The quantitative estimate of drug-likeness (QED) is 0.192. The Balaban J connectivity index is 1.36. The molecule has 9 nitrogen and oxygen atoms in total. The van der Waals surface area contributed by atoms with Crippen LogP contribution in [0.5, 0.6) is 0 Å². The first-order valence-corrected chi connectivity index (χ1v) is 16.9. The summed E-state index contributed by atoms with van der Waals surface area (Å²) in [6, 6.07) is 10.3. The molecule has 6 rings (SSSR count). The fourth-order valence-corrected chi connectivity index (χ4v) is 6.48. The molecule has 4 aromatic rings.